The van der Waals surface area contributed by atoms with Gasteiger partial charge in [-0.2, -0.15) is 0 Å². The molecule has 4 aliphatic carbocycles. The Hall–Kier alpha value is -1.33. The van der Waals surface area contributed by atoms with Gasteiger partial charge in [0.25, 0.3) is 0 Å². The Morgan fingerprint density at radius 3 is 2.81 bits per heavy atom. The van der Waals surface area contributed by atoms with Crippen molar-refractivity contribution in [1.29, 1.82) is 0 Å². The normalized spacial score (nSPS) is 42.5. The highest BCUT2D eigenvalue weighted by molar-refractivity contribution is 6.25. The molecule has 2 heterocycles. The first-order valence-electron chi connectivity index (χ1n) is 14.4. The number of carbonyl (C=O) groups excluding carboxylic acids is 1. The molecule has 198 valence electrons. The van der Waals surface area contributed by atoms with Crippen LogP contribution >= 0.6 is 11.6 Å². The summed E-state index contributed by atoms with van der Waals surface area (Å²) in [6.45, 7) is 7.97. The van der Waals surface area contributed by atoms with Crippen LogP contribution in [0.3, 0.4) is 0 Å². The number of oxime groups is 1. The molecule has 1 amide bonds. The smallest absolute Gasteiger partial charge is 0.222 e. The number of alkyl halides is 1. The van der Waals surface area contributed by atoms with Gasteiger partial charge in [0, 0.05) is 38.1 Å². The van der Waals surface area contributed by atoms with Gasteiger partial charge in [0.05, 0.1) is 10.6 Å². The maximum atomic E-state index is 13.3. The van der Waals surface area contributed by atoms with Crippen molar-refractivity contribution in [2.24, 2.45) is 39.7 Å². The van der Waals surface area contributed by atoms with Gasteiger partial charge in [-0.3, -0.25) is 4.79 Å². The molecule has 0 aromatic rings. The minimum absolute atomic E-state index is 0.0408. The number of halogens is 1. The van der Waals surface area contributed by atoms with Crippen LogP contribution in [0, 0.1) is 34.5 Å². The van der Waals surface area contributed by atoms with Crippen LogP contribution in [0.15, 0.2) is 28.5 Å². The van der Waals surface area contributed by atoms with Crippen molar-refractivity contribution < 1.29 is 14.7 Å². The molecule has 2 aliphatic heterocycles. The van der Waals surface area contributed by atoms with Crippen LogP contribution in [-0.4, -0.2) is 52.9 Å². The van der Waals surface area contributed by atoms with E-state index < -0.39 is 0 Å². The second-order valence-electron chi connectivity index (χ2n) is 13.3. The Balaban J connectivity index is 1.17. The van der Waals surface area contributed by atoms with Crippen molar-refractivity contribution in [2.45, 2.75) is 89.4 Å². The predicted molar refractivity (Wildman–Crippen MR) is 142 cm³/mol. The number of nitrogens with zero attached hydrogens (tertiary/aromatic N) is 2. The summed E-state index contributed by atoms with van der Waals surface area (Å²) in [5, 5.41) is 13.8. The van der Waals surface area contributed by atoms with Gasteiger partial charge in [-0.1, -0.05) is 24.2 Å². The number of carbonyl (C=O) groups is 1. The lowest BCUT2D eigenvalue weighted by molar-refractivity contribution is -0.131. The first kappa shape index (κ1) is 25.0. The van der Waals surface area contributed by atoms with Crippen molar-refractivity contribution in [3.8, 4) is 0 Å². The van der Waals surface area contributed by atoms with Gasteiger partial charge in [0.1, 0.15) is 0 Å². The average molecular weight is 515 g/mol. The minimum atomic E-state index is -0.249. The summed E-state index contributed by atoms with van der Waals surface area (Å²) in [4.78, 5) is 15.2. The van der Waals surface area contributed by atoms with E-state index in [1.54, 1.807) is 5.57 Å². The Morgan fingerprint density at radius 2 is 2.03 bits per heavy atom. The van der Waals surface area contributed by atoms with E-state index in [0.29, 0.717) is 41.4 Å². The highest BCUT2D eigenvalue weighted by Gasteiger charge is 2.58. The van der Waals surface area contributed by atoms with Crippen LogP contribution in [0.4, 0.5) is 0 Å². The molecule has 0 aromatic carbocycles. The van der Waals surface area contributed by atoms with Gasteiger partial charge >= 0.3 is 0 Å². The fourth-order valence-corrected chi connectivity index (χ4v) is 9.49. The van der Waals surface area contributed by atoms with E-state index in [9.17, 15) is 10.0 Å². The van der Waals surface area contributed by atoms with E-state index in [1.807, 2.05) is 0 Å². The third-order valence-corrected chi connectivity index (χ3v) is 11.5. The molecule has 6 aliphatic rings. The molecule has 6 heteroatoms. The Labute approximate surface area is 221 Å². The van der Waals surface area contributed by atoms with Gasteiger partial charge < -0.3 is 14.8 Å². The third-order valence-electron chi connectivity index (χ3n) is 11.2. The molecule has 6 atom stereocenters. The first-order valence-corrected chi connectivity index (χ1v) is 14.8. The highest BCUT2D eigenvalue weighted by Crippen LogP contribution is 2.63. The van der Waals surface area contributed by atoms with Crippen molar-refractivity contribution in [1.82, 2.24) is 4.90 Å². The maximum Gasteiger partial charge on any atom is 0.222 e. The van der Waals surface area contributed by atoms with Crippen molar-refractivity contribution in [3.05, 3.63) is 23.3 Å². The van der Waals surface area contributed by atoms with E-state index in [-0.39, 0.29) is 10.3 Å². The van der Waals surface area contributed by atoms with Crippen LogP contribution in [0.25, 0.3) is 0 Å². The Kier molecular flexibility index (Phi) is 6.35. The quantitative estimate of drug-likeness (QED) is 0.271. The lowest BCUT2D eigenvalue weighted by atomic mass is 9.52. The topological polar surface area (TPSA) is 62.1 Å². The highest BCUT2D eigenvalue weighted by atomic mass is 35.5. The van der Waals surface area contributed by atoms with Crippen LogP contribution in [0.5, 0.6) is 0 Å². The van der Waals surface area contributed by atoms with Crippen LogP contribution in [0.1, 0.15) is 84.5 Å². The number of fused-ring (bicyclic) bond motifs is 5. The zero-order valence-electron chi connectivity index (χ0n) is 22.1. The fraction of sp³-hybridized carbons (Fsp3) is 0.800. The van der Waals surface area contributed by atoms with E-state index in [4.69, 9.17) is 16.3 Å². The number of rotatable bonds is 3. The summed E-state index contributed by atoms with van der Waals surface area (Å²) in [7, 11) is 0. The van der Waals surface area contributed by atoms with Gasteiger partial charge in [0.2, 0.25) is 5.91 Å². The molecule has 2 saturated heterocycles. The number of hydrogen-bond acceptors (Lipinski definition) is 4. The molecular weight excluding hydrogens is 472 g/mol. The average Bonchev–Trinajstić information content (AvgIpc) is 3.40. The molecule has 36 heavy (non-hydrogen) atoms. The lowest BCUT2D eigenvalue weighted by Crippen LogP contribution is -2.46. The van der Waals surface area contributed by atoms with Crippen molar-refractivity contribution in [2.75, 3.05) is 26.3 Å². The van der Waals surface area contributed by atoms with Crippen LogP contribution in [0.2, 0.25) is 0 Å². The predicted octanol–water partition coefficient (Wildman–Crippen LogP) is 6.34. The molecule has 3 saturated carbocycles. The molecule has 0 radical (unpaired) electrons. The zero-order chi connectivity index (χ0) is 25.1. The largest absolute Gasteiger partial charge is 0.411 e. The molecule has 0 aromatic heterocycles. The Bertz CT molecular complexity index is 994. The summed E-state index contributed by atoms with van der Waals surface area (Å²) in [5.74, 6) is 2.42. The van der Waals surface area contributed by atoms with Crippen molar-refractivity contribution in [3.63, 3.8) is 0 Å². The second-order valence-corrected chi connectivity index (χ2v) is 14.2. The first-order chi connectivity index (χ1) is 17.2. The monoisotopic (exact) mass is 514 g/mol. The van der Waals surface area contributed by atoms with Gasteiger partial charge in [-0.15, -0.1) is 11.6 Å². The van der Waals surface area contributed by atoms with E-state index in [1.165, 1.54) is 12.0 Å². The fourth-order valence-electron chi connectivity index (χ4n) is 9.28. The van der Waals surface area contributed by atoms with E-state index in [0.717, 1.165) is 89.8 Å². The number of ether oxygens (including phenoxy) is 1. The molecule has 5 fully saturated rings. The molecule has 1 spiro atoms. The summed E-state index contributed by atoms with van der Waals surface area (Å²) in [6.07, 6.45) is 15.8. The third kappa shape index (κ3) is 4.17. The second kappa shape index (κ2) is 9.15. The summed E-state index contributed by atoms with van der Waals surface area (Å²) in [6, 6.07) is 0. The number of hydrogen-bond donors (Lipinski definition) is 1. The number of likely N-dealkylation sites (tertiary alicyclic amines) is 1. The van der Waals surface area contributed by atoms with Crippen LogP contribution < -0.4 is 0 Å². The van der Waals surface area contributed by atoms with E-state index >= 15 is 0 Å². The molecule has 1 N–H and O–H groups in total. The van der Waals surface area contributed by atoms with Crippen molar-refractivity contribution >= 4 is 23.2 Å². The minimum Gasteiger partial charge on any atom is -0.411 e. The molecule has 0 bridgehead atoms. The molecule has 6 rings (SSSR count). The summed E-state index contributed by atoms with van der Waals surface area (Å²) in [5.41, 5.74) is 4.27. The lowest BCUT2D eigenvalue weighted by Gasteiger charge is -2.52. The Morgan fingerprint density at radius 1 is 1.22 bits per heavy atom. The summed E-state index contributed by atoms with van der Waals surface area (Å²) < 4.78 is 5.58. The standard InChI is InChI=1S/C30H43ClN2O3/c1-28(31)9-7-22-21(18-28)3-5-24-23(22)8-10-29(2)25(32-35)17-20(27(24)29)4-6-26(34)33-14-11-30(19-33)12-15-36-16-13-30/h7,18,20,23-24,27,35H,3-6,8-17,19H2,1-2H3/b32-25+/t20-,23?,24?,27?,28?,29-/m1/s1. The van der Waals surface area contributed by atoms with Gasteiger partial charge in [-0.25, -0.2) is 0 Å². The SMILES string of the molecule is CC1(Cl)C=C2CCC3C(CC[C@]4(C)/C(=N/O)C[C@@H](CCC(=O)N5CCC6(CCOCC6)C5)C34)C2=CC1. The summed E-state index contributed by atoms with van der Waals surface area (Å²) >= 11 is 6.71. The molecule has 4 unspecified atom stereocenters. The zero-order valence-corrected chi connectivity index (χ0v) is 22.9. The maximum absolute atomic E-state index is 13.3. The van der Waals surface area contributed by atoms with E-state index in [2.05, 4.69) is 36.1 Å². The molecule has 5 nitrogen and oxygen atoms in total. The van der Waals surface area contributed by atoms with Crippen LogP contribution in [-0.2, 0) is 9.53 Å². The van der Waals surface area contributed by atoms with Gasteiger partial charge in [0.15, 0.2) is 0 Å². The molecular formula is C30H43ClN2O3. The number of allylic oxidation sites excluding steroid dienone is 4. The van der Waals surface area contributed by atoms with Gasteiger partial charge in [-0.05, 0) is 111 Å². The number of amides is 1.